The van der Waals surface area contributed by atoms with Gasteiger partial charge in [0.15, 0.2) is 5.82 Å². The fraction of sp³-hybridized carbons (Fsp3) is 0.0526. The van der Waals surface area contributed by atoms with Crippen molar-refractivity contribution in [1.82, 2.24) is 9.97 Å². The second-order valence-electron chi connectivity index (χ2n) is 16.2. The molecule has 59 heavy (non-hydrogen) atoms. The van der Waals surface area contributed by atoms with Crippen molar-refractivity contribution < 1.29 is 0 Å². The van der Waals surface area contributed by atoms with Crippen molar-refractivity contribution in [3.8, 4) is 78.4 Å². The Balaban J connectivity index is 0.999. The van der Waals surface area contributed by atoms with Crippen molar-refractivity contribution in [1.29, 1.82) is 0 Å². The summed E-state index contributed by atoms with van der Waals surface area (Å²) < 4.78 is 0. The number of hydrogen-bond donors (Lipinski definition) is 0. The molecular weight excluding hydrogens is 713 g/mol. The molecule has 0 radical (unpaired) electrons. The lowest BCUT2D eigenvalue weighted by molar-refractivity contribution is 0.660. The molecule has 1 aliphatic carbocycles. The zero-order valence-electron chi connectivity index (χ0n) is 33.0. The Morgan fingerprint density at radius 1 is 0.305 bits per heavy atom. The fourth-order valence-electron chi connectivity index (χ4n) is 9.29. The highest BCUT2D eigenvalue weighted by atomic mass is 14.9. The Hall–Kier alpha value is -7.42. The molecule has 2 nitrogen and oxygen atoms in total. The summed E-state index contributed by atoms with van der Waals surface area (Å²) in [5.41, 5.74) is 17.6. The lowest BCUT2D eigenvalue weighted by atomic mass is 9.82. The molecule has 0 aliphatic heterocycles. The number of rotatable bonds is 6. The van der Waals surface area contributed by atoms with Crippen LogP contribution in [0.25, 0.3) is 100.0 Å². The van der Waals surface area contributed by atoms with E-state index in [1.54, 1.807) is 0 Å². The summed E-state index contributed by atoms with van der Waals surface area (Å²) in [6, 6.07) is 74.4. The molecule has 0 N–H and O–H groups in total. The van der Waals surface area contributed by atoms with E-state index in [0.717, 1.165) is 33.5 Å². The van der Waals surface area contributed by atoms with Gasteiger partial charge < -0.3 is 0 Å². The molecule has 10 aromatic rings. The SMILES string of the molecule is CC1(C)c2ccccc2-c2cc(-c3cccc(-c4ccc(-c5cc(-c6ccc(-c7cccc8ccccc78)cc6)nc(-c6ccccc6)n5)c5ccccc45)c3)ccc21. The predicted molar refractivity (Wildman–Crippen MR) is 247 cm³/mol. The van der Waals surface area contributed by atoms with Crippen LogP contribution >= 0.6 is 0 Å². The Morgan fingerprint density at radius 2 is 0.847 bits per heavy atom. The van der Waals surface area contributed by atoms with Crippen LogP contribution in [0, 0.1) is 0 Å². The van der Waals surface area contributed by atoms with E-state index in [1.165, 1.54) is 71.8 Å². The highest BCUT2D eigenvalue weighted by Crippen LogP contribution is 2.49. The maximum Gasteiger partial charge on any atom is 0.160 e. The first-order valence-corrected chi connectivity index (χ1v) is 20.4. The van der Waals surface area contributed by atoms with Crippen LogP contribution in [0.15, 0.2) is 206 Å². The van der Waals surface area contributed by atoms with Gasteiger partial charge in [0.05, 0.1) is 11.4 Å². The minimum Gasteiger partial charge on any atom is -0.228 e. The molecule has 9 aromatic carbocycles. The number of hydrogen-bond acceptors (Lipinski definition) is 2. The van der Waals surface area contributed by atoms with Gasteiger partial charge in [-0.3, -0.25) is 0 Å². The van der Waals surface area contributed by atoms with Crippen LogP contribution in [0.5, 0.6) is 0 Å². The largest absolute Gasteiger partial charge is 0.228 e. The van der Waals surface area contributed by atoms with Crippen molar-refractivity contribution in [3.63, 3.8) is 0 Å². The van der Waals surface area contributed by atoms with E-state index in [2.05, 4.69) is 202 Å². The van der Waals surface area contributed by atoms with Gasteiger partial charge in [-0.2, -0.15) is 0 Å². The molecule has 0 amide bonds. The normalized spacial score (nSPS) is 12.7. The summed E-state index contributed by atoms with van der Waals surface area (Å²) in [7, 11) is 0. The highest BCUT2D eigenvalue weighted by molar-refractivity contribution is 6.05. The molecule has 1 heterocycles. The fourth-order valence-corrected chi connectivity index (χ4v) is 9.29. The predicted octanol–water partition coefficient (Wildman–Crippen LogP) is 15.1. The van der Waals surface area contributed by atoms with E-state index in [9.17, 15) is 0 Å². The number of aromatic nitrogens is 2. The third-order valence-corrected chi connectivity index (χ3v) is 12.3. The quantitative estimate of drug-likeness (QED) is 0.169. The van der Waals surface area contributed by atoms with E-state index in [1.807, 2.05) is 18.2 Å². The molecule has 11 rings (SSSR count). The molecule has 0 bridgehead atoms. The van der Waals surface area contributed by atoms with E-state index >= 15 is 0 Å². The van der Waals surface area contributed by atoms with E-state index in [0.29, 0.717) is 5.82 Å². The second-order valence-corrected chi connectivity index (χ2v) is 16.2. The lowest BCUT2D eigenvalue weighted by Crippen LogP contribution is -2.14. The van der Waals surface area contributed by atoms with Crippen molar-refractivity contribution in [2.75, 3.05) is 0 Å². The van der Waals surface area contributed by atoms with Crippen molar-refractivity contribution in [2.45, 2.75) is 19.3 Å². The standard InChI is InChI=1S/C57H40N2/c1-57(2)52-25-11-10-23-49(52)51-35-42(30-33-53(51)57)41-18-12-19-43(34-41)46-31-32-50(48-22-9-8-21-47(46)48)55-36-54(58-56(59-55)40-15-4-3-5-16-40)39-28-26-38(27-29-39)45-24-13-17-37-14-6-7-20-44(37)45/h3-36H,1-2H3. The molecule has 0 spiro atoms. The Morgan fingerprint density at radius 3 is 1.69 bits per heavy atom. The third-order valence-electron chi connectivity index (χ3n) is 12.3. The van der Waals surface area contributed by atoms with Crippen LogP contribution in [0.2, 0.25) is 0 Å². The maximum absolute atomic E-state index is 5.25. The summed E-state index contributed by atoms with van der Waals surface area (Å²) in [5, 5.41) is 4.83. The van der Waals surface area contributed by atoms with Gasteiger partial charge in [0.2, 0.25) is 0 Å². The average molecular weight is 753 g/mol. The zero-order chi connectivity index (χ0) is 39.5. The maximum atomic E-state index is 5.25. The topological polar surface area (TPSA) is 25.8 Å². The molecule has 0 atom stereocenters. The molecule has 278 valence electrons. The first kappa shape index (κ1) is 34.8. The van der Waals surface area contributed by atoms with Crippen LogP contribution in [0.1, 0.15) is 25.0 Å². The molecular formula is C57H40N2. The van der Waals surface area contributed by atoms with Crippen molar-refractivity contribution in [3.05, 3.63) is 217 Å². The molecule has 1 aromatic heterocycles. The third kappa shape index (κ3) is 5.96. The van der Waals surface area contributed by atoms with Gasteiger partial charge in [0.25, 0.3) is 0 Å². The smallest absolute Gasteiger partial charge is 0.160 e. The summed E-state index contributed by atoms with van der Waals surface area (Å²) in [6.45, 7) is 4.67. The summed E-state index contributed by atoms with van der Waals surface area (Å²) >= 11 is 0. The van der Waals surface area contributed by atoms with E-state index in [4.69, 9.17) is 9.97 Å². The van der Waals surface area contributed by atoms with Crippen molar-refractivity contribution in [2.24, 2.45) is 0 Å². The van der Waals surface area contributed by atoms with Crippen LogP contribution in [-0.4, -0.2) is 9.97 Å². The minimum atomic E-state index is -0.0119. The Labute approximate surface area is 345 Å². The molecule has 0 saturated heterocycles. The zero-order valence-corrected chi connectivity index (χ0v) is 33.0. The molecule has 0 fully saturated rings. The minimum absolute atomic E-state index is 0.0119. The summed E-state index contributed by atoms with van der Waals surface area (Å²) in [6.07, 6.45) is 0. The van der Waals surface area contributed by atoms with Crippen molar-refractivity contribution >= 4 is 21.5 Å². The number of nitrogens with zero attached hydrogens (tertiary/aromatic N) is 2. The number of benzene rings is 9. The van der Waals surface area contributed by atoms with Crippen LogP contribution in [0.3, 0.4) is 0 Å². The van der Waals surface area contributed by atoms with E-state index in [-0.39, 0.29) is 5.41 Å². The van der Waals surface area contributed by atoms with Gasteiger partial charge in [-0.15, -0.1) is 0 Å². The second kappa shape index (κ2) is 13.9. The van der Waals surface area contributed by atoms with E-state index < -0.39 is 0 Å². The van der Waals surface area contributed by atoms with Crippen LogP contribution in [0.4, 0.5) is 0 Å². The highest BCUT2D eigenvalue weighted by Gasteiger charge is 2.35. The Kier molecular flexibility index (Phi) is 8.20. The van der Waals surface area contributed by atoms with Gasteiger partial charge in [0.1, 0.15) is 0 Å². The van der Waals surface area contributed by atoms with Gasteiger partial charge in [-0.1, -0.05) is 202 Å². The van der Waals surface area contributed by atoms with Crippen LogP contribution in [-0.2, 0) is 5.41 Å². The molecule has 1 aliphatic rings. The molecule has 0 unspecified atom stereocenters. The van der Waals surface area contributed by atoms with Gasteiger partial charge in [-0.25, -0.2) is 9.97 Å². The van der Waals surface area contributed by atoms with Gasteiger partial charge >= 0.3 is 0 Å². The van der Waals surface area contributed by atoms with Gasteiger partial charge in [-0.05, 0) is 95.4 Å². The Bertz CT molecular complexity index is 3230. The molecule has 0 saturated carbocycles. The van der Waals surface area contributed by atoms with Gasteiger partial charge in [0, 0.05) is 22.1 Å². The number of fused-ring (bicyclic) bond motifs is 5. The molecule has 2 heteroatoms. The lowest BCUT2D eigenvalue weighted by Gasteiger charge is -2.21. The monoisotopic (exact) mass is 752 g/mol. The summed E-state index contributed by atoms with van der Waals surface area (Å²) in [5.74, 6) is 0.706. The van der Waals surface area contributed by atoms with Crippen LogP contribution < -0.4 is 0 Å². The summed E-state index contributed by atoms with van der Waals surface area (Å²) in [4.78, 5) is 10.4. The first-order valence-electron chi connectivity index (χ1n) is 20.4. The average Bonchev–Trinajstić information content (AvgIpc) is 3.53. The first-order chi connectivity index (χ1) is 29.0.